The number of aromatic nitrogens is 1. The van der Waals surface area contributed by atoms with Gasteiger partial charge in [-0.2, -0.15) is 0 Å². The highest BCUT2D eigenvalue weighted by Crippen LogP contribution is 2.19. The van der Waals surface area contributed by atoms with E-state index in [0.29, 0.717) is 23.9 Å². The molecule has 0 amide bonds. The fourth-order valence-corrected chi connectivity index (χ4v) is 4.44. The van der Waals surface area contributed by atoms with Crippen molar-refractivity contribution in [2.45, 2.75) is 38.6 Å². The Hall–Kier alpha value is -0.960. The van der Waals surface area contributed by atoms with Crippen LogP contribution in [0.2, 0.25) is 0 Å². The van der Waals surface area contributed by atoms with E-state index in [9.17, 15) is 8.42 Å². The fourth-order valence-electron chi connectivity index (χ4n) is 3.07. The van der Waals surface area contributed by atoms with Gasteiger partial charge >= 0.3 is 0 Å². The van der Waals surface area contributed by atoms with Gasteiger partial charge in [-0.15, -0.1) is 0 Å². The maximum absolute atomic E-state index is 12.6. The largest absolute Gasteiger partial charge is 0.360 e. The lowest BCUT2D eigenvalue weighted by Gasteiger charge is -2.39. The van der Waals surface area contributed by atoms with Crippen molar-refractivity contribution in [1.29, 1.82) is 0 Å². The minimum absolute atomic E-state index is 0.165. The third-order valence-corrected chi connectivity index (χ3v) is 6.16. The van der Waals surface area contributed by atoms with Crippen molar-refractivity contribution in [3.8, 4) is 0 Å². The Labute approximate surface area is 139 Å². The molecule has 1 aromatic heterocycles. The lowest BCUT2D eigenvalue weighted by Crippen LogP contribution is -2.54. The van der Waals surface area contributed by atoms with E-state index in [4.69, 9.17) is 4.52 Å². The molecule has 8 heteroatoms. The van der Waals surface area contributed by atoms with Crippen molar-refractivity contribution in [2.24, 2.45) is 5.92 Å². The van der Waals surface area contributed by atoms with Gasteiger partial charge in [-0.05, 0) is 26.8 Å². The molecule has 1 fully saturated rings. The van der Waals surface area contributed by atoms with E-state index in [2.05, 4.69) is 40.6 Å². The molecule has 0 spiro atoms. The Morgan fingerprint density at radius 2 is 1.83 bits per heavy atom. The molecular formula is C15H28N4O3S. The second-order valence-electron chi connectivity index (χ2n) is 6.66. The van der Waals surface area contributed by atoms with Crippen LogP contribution in [0.1, 0.15) is 25.3 Å². The molecule has 0 aliphatic carbocycles. The van der Waals surface area contributed by atoms with Crippen molar-refractivity contribution in [3.05, 3.63) is 11.5 Å². The van der Waals surface area contributed by atoms with Gasteiger partial charge in [0.25, 0.3) is 0 Å². The summed E-state index contributed by atoms with van der Waals surface area (Å²) in [6, 6.07) is 0.180. The molecule has 1 aliphatic heterocycles. The summed E-state index contributed by atoms with van der Waals surface area (Å²) in [4.78, 5) is 4.83. The number of aryl methyl sites for hydroxylation is 2. The third-order valence-electron chi connectivity index (χ3n) is 4.50. The number of rotatable bonds is 6. The average molecular weight is 344 g/mol. The average Bonchev–Trinajstić information content (AvgIpc) is 2.80. The van der Waals surface area contributed by atoms with E-state index in [1.165, 1.54) is 0 Å². The number of hydrogen-bond donors (Lipinski definition) is 1. The molecule has 1 atom stereocenters. The summed E-state index contributed by atoms with van der Waals surface area (Å²) in [5.74, 6) is 0.696. The lowest BCUT2D eigenvalue weighted by atomic mass is 10.0. The summed E-state index contributed by atoms with van der Waals surface area (Å²) in [7, 11) is -1.49. The monoisotopic (exact) mass is 344 g/mol. The number of hydrogen-bond acceptors (Lipinski definition) is 6. The molecule has 2 rings (SSSR count). The summed E-state index contributed by atoms with van der Waals surface area (Å²) >= 11 is 0. The first-order valence-electron chi connectivity index (χ1n) is 8.07. The molecule has 132 valence electrons. The summed E-state index contributed by atoms with van der Waals surface area (Å²) in [5, 5.41) is 3.73. The second kappa shape index (κ2) is 7.29. The van der Waals surface area contributed by atoms with Gasteiger partial charge in [-0.3, -0.25) is 4.90 Å². The van der Waals surface area contributed by atoms with Gasteiger partial charge in [0.1, 0.15) is 10.6 Å². The topological polar surface area (TPSA) is 78.7 Å². The predicted molar refractivity (Wildman–Crippen MR) is 88.9 cm³/mol. The van der Waals surface area contributed by atoms with E-state index >= 15 is 0 Å². The molecule has 1 unspecified atom stereocenters. The summed E-state index contributed by atoms with van der Waals surface area (Å²) < 4.78 is 32.8. The predicted octanol–water partition coefficient (Wildman–Crippen LogP) is 0.842. The highest BCUT2D eigenvalue weighted by atomic mass is 32.2. The molecule has 23 heavy (non-hydrogen) atoms. The molecule has 0 aromatic carbocycles. The Bertz CT molecular complexity index is 599. The molecular weight excluding hydrogens is 316 g/mol. The van der Waals surface area contributed by atoms with E-state index in [0.717, 1.165) is 26.2 Å². The van der Waals surface area contributed by atoms with Crippen molar-refractivity contribution < 1.29 is 12.9 Å². The Kier molecular flexibility index (Phi) is 5.83. The van der Waals surface area contributed by atoms with Gasteiger partial charge in [0.15, 0.2) is 5.76 Å². The van der Waals surface area contributed by atoms with Crippen molar-refractivity contribution in [1.82, 2.24) is 19.7 Å². The third kappa shape index (κ3) is 4.32. The highest BCUT2D eigenvalue weighted by molar-refractivity contribution is 7.89. The van der Waals surface area contributed by atoms with Crippen LogP contribution >= 0.6 is 0 Å². The van der Waals surface area contributed by atoms with E-state index in [1.54, 1.807) is 13.8 Å². The molecule has 7 nitrogen and oxygen atoms in total. The molecule has 1 saturated heterocycles. The van der Waals surface area contributed by atoms with Crippen molar-refractivity contribution in [2.75, 3.05) is 39.8 Å². The Morgan fingerprint density at radius 3 is 2.30 bits per heavy atom. The number of piperazine rings is 1. The maximum Gasteiger partial charge on any atom is 0.246 e. The van der Waals surface area contributed by atoms with E-state index in [-0.39, 0.29) is 10.9 Å². The molecule has 0 bridgehead atoms. The molecule has 0 saturated carbocycles. The molecule has 1 aromatic rings. The quantitative estimate of drug-likeness (QED) is 0.824. The van der Waals surface area contributed by atoms with Crippen LogP contribution in [0.5, 0.6) is 0 Å². The zero-order chi connectivity index (χ0) is 17.2. The number of nitrogens with zero attached hydrogens (tertiary/aromatic N) is 3. The van der Waals surface area contributed by atoms with Crippen LogP contribution in [0.4, 0.5) is 0 Å². The number of likely N-dealkylation sites (N-methyl/N-ethyl adjacent to an activating group) is 1. The Morgan fingerprint density at radius 1 is 1.22 bits per heavy atom. The first-order chi connectivity index (χ1) is 10.7. The highest BCUT2D eigenvalue weighted by Gasteiger charge is 2.29. The zero-order valence-electron chi connectivity index (χ0n) is 14.7. The van der Waals surface area contributed by atoms with Crippen LogP contribution in [-0.2, 0) is 10.0 Å². The zero-order valence-corrected chi connectivity index (χ0v) is 15.5. The van der Waals surface area contributed by atoms with Gasteiger partial charge in [-0.25, -0.2) is 13.1 Å². The number of sulfonamides is 1. The first kappa shape index (κ1) is 18.4. The lowest BCUT2D eigenvalue weighted by molar-refractivity contribution is 0.0905. The molecule has 2 heterocycles. The van der Waals surface area contributed by atoms with Crippen LogP contribution in [0.25, 0.3) is 0 Å². The van der Waals surface area contributed by atoms with Gasteiger partial charge < -0.3 is 9.42 Å². The van der Waals surface area contributed by atoms with Crippen LogP contribution in [0, 0.1) is 19.8 Å². The first-order valence-corrected chi connectivity index (χ1v) is 9.56. The van der Waals surface area contributed by atoms with E-state index in [1.807, 2.05) is 0 Å². The van der Waals surface area contributed by atoms with Gasteiger partial charge in [0.05, 0.1) is 0 Å². The van der Waals surface area contributed by atoms with Crippen LogP contribution in [0.3, 0.4) is 0 Å². The van der Waals surface area contributed by atoms with Crippen LogP contribution in [0.15, 0.2) is 9.42 Å². The van der Waals surface area contributed by atoms with Gasteiger partial charge in [0, 0.05) is 38.8 Å². The SMILES string of the molecule is Cc1noc(C)c1S(=O)(=O)NCC(C(C)C)N1CCN(C)CC1. The maximum atomic E-state index is 12.6. The molecule has 1 aliphatic rings. The van der Waals surface area contributed by atoms with Gasteiger partial charge in [-0.1, -0.05) is 19.0 Å². The van der Waals surface area contributed by atoms with E-state index < -0.39 is 10.0 Å². The van der Waals surface area contributed by atoms with Crippen LogP contribution < -0.4 is 4.72 Å². The summed E-state index contributed by atoms with van der Waals surface area (Å²) in [5.41, 5.74) is 0.399. The second-order valence-corrected chi connectivity index (χ2v) is 8.36. The minimum Gasteiger partial charge on any atom is -0.360 e. The number of nitrogens with one attached hydrogen (secondary N) is 1. The van der Waals surface area contributed by atoms with Gasteiger partial charge in [0.2, 0.25) is 10.0 Å². The minimum atomic E-state index is -3.60. The fraction of sp³-hybridized carbons (Fsp3) is 0.800. The standard InChI is InChI=1S/C15H28N4O3S/c1-11(2)14(19-8-6-18(5)7-9-19)10-16-23(20,21)15-12(3)17-22-13(15)4/h11,14,16H,6-10H2,1-5H3. The summed E-state index contributed by atoms with van der Waals surface area (Å²) in [6.45, 7) is 11.9. The van der Waals surface area contributed by atoms with Crippen molar-refractivity contribution in [3.63, 3.8) is 0 Å². The van der Waals surface area contributed by atoms with Crippen molar-refractivity contribution >= 4 is 10.0 Å². The molecule has 0 radical (unpaired) electrons. The smallest absolute Gasteiger partial charge is 0.246 e. The van der Waals surface area contributed by atoms with Crippen LogP contribution in [-0.4, -0.2) is 69.2 Å². The molecule has 1 N–H and O–H groups in total. The Balaban J connectivity index is 2.07. The normalized spacial score (nSPS) is 19.4. The summed E-state index contributed by atoms with van der Waals surface area (Å²) in [6.07, 6.45) is 0.